The van der Waals surface area contributed by atoms with Gasteiger partial charge < -0.3 is 9.16 Å². The summed E-state index contributed by atoms with van der Waals surface area (Å²) < 4.78 is 12.2. The zero-order valence-corrected chi connectivity index (χ0v) is 14.8. The van der Waals surface area contributed by atoms with Crippen LogP contribution >= 0.6 is 0 Å². The van der Waals surface area contributed by atoms with E-state index in [-0.39, 0.29) is 23.6 Å². The highest BCUT2D eigenvalue weighted by atomic mass is 28.4. The molecule has 2 fully saturated rings. The van der Waals surface area contributed by atoms with Crippen LogP contribution < -0.4 is 0 Å². The number of rotatable bonds is 5. The monoisotopic (exact) mass is 308 g/mol. The van der Waals surface area contributed by atoms with E-state index in [1.807, 2.05) is 0 Å². The lowest BCUT2D eigenvalue weighted by Gasteiger charge is -2.46. The molecular weight excluding hydrogens is 280 g/mol. The number of hydrogen-bond acceptors (Lipinski definition) is 3. The van der Waals surface area contributed by atoms with Gasteiger partial charge in [-0.05, 0) is 37.0 Å². The average Bonchev–Trinajstić information content (AvgIpc) is 2.72. The Kier molecular flexibility index (Phi) is 4.50. The van der Waals surface area contributed by atoms with Crippen LogP contribution in [0.1, 0.15) is 40.5 Å². The summed E-state index contributed by atoms with van der Waals surface area (Å²) >= 11 is 0. The minimum atomic E-state index is -1.72. The first-order valence-electron chi connectivity index (χ1n) is 8.09. The van der Waals surface area contributed by atoms with Crippen molar-refractivity contribution in [1.29, 1.82) is 0 Å². The molecule has 1 aliphatic heterocycles. The first-order valence-corrected chi connectivity index (χ1v) is 10.6. The third kappa shape index (κ3) is 2.76. The van der Waals surface area contributed by atoms with Crippen LogP contribution in [0.2, 0.25) is 18.1 Å². The van der Waals surface area contributed by atoms with Crippen LogP contribution in [0.3, 0.4) is 0 Å². The SMILES string of the molecule is C=C1C(=O)O[C@@H]2C[C@](C)(O[Si](CC)(CC)CC)C(=C)C[C@H]12. The molecule has 2 rings (SSSR count). The van der Waals surface area contributed by atoms with Gasteiger partial charge >= 0.3 is 5.97 Å². The predicted molar refractivity (Wildman–Crippen MR) is 87.6 cm³/mol. The molecule has 0 N–H and O–H groups in total. The Balaban J connectivity index is 2.21. The number of esters is 1. The molecule has 0 unspecified atom stereocenters. The standard InChI is InChI=1S/C17H28O3Si/c1-7-21(8-2,9-3)20-17(6)11-15-14(10-12(17)4)13(5)16(18)19-15/h14-15H,4-5,7-11H2,1-3,6H3/t14-,15-,17+/m1/s1. The van der Waals surface area contributed by atoms with E-state index in [4.69, 9.17) is 9.16 Å². The lowest BCUT2D eigenvalue weighted by molar-refractivity contribution is -0.141. The largest absolute Gasteiger partial charge is 0.458 e. The summed E-state index contributed by atoms with van der Waals surface area (Å²) in [5.41, 5.74) is 1.34. The van der Waals surface area contributed by atoms with Crippen LogP contribution in [0, 0.1) is 5.92 Å². The number of carbonyl (C=O) groups excluding carboxylic acids is 1. The summed E-state index contributed by atoms with van der Waals surface area (Å²) in [5, 5.41) is 0. The van der Waals surface area contributed by atoms with Gasteiger partial charge in [-0.2, -0.15) is 0 Å². The molecule has 1 aliphatic carbocycles. The molecule has 21 heavy (non-hydrogen) atoms. The predicted octanol–water partition coefficient (Wildman–Crippen LogP) is 4.21. The van der Waals surface area contributed by atoms with Crippen molar-refractivity contribution in [1.82, 2.24) is 0 Å². The molecule has 1 saturated carbocycles. The third-order valence-electron chi connectivity index (χ3n) is 5.60. The van der Waals surface area contributed by atoms with Gasteiger partial charge in [0.1, 0.15) is 6.10 Å². The molecule has 1 saturated heterocycles. The maximum atomic E-state index is 11.7. The van der Waals surface area contributed by atoms with Gasteiger partial charge in [-0.15, -0.1) is 0 Å². The maximum absolute atomic E-state index is 11.7. The molecule has 2 aliphatic rings. The van der Waals surface area contributed by atoms with Gasteiger partial charge in [0, 0.05) is 17.9 Å². The second-order valence-electron chi connectivity index (χ2n) is 6.66. The van der Waals surface area contributed by atoms with Gasteiger partial charge in [0.25, 0.3) is 0 Å². The van der Waals surface area contributed by atoms with Gasteiger partial charge in [-0.25, -0.2) is 4.79 Å². The van der Waals surface area contributed by atoms with Gasteiger partial charge in [-0.3, -0.25) is 0 Å². The Morgan fingerprint density at radius 3 is 2.38 bits per heavy atom. The first kappa shape index (κ1) is 16.5. The highest BCUT2D eigenvalue weighted by Gasteiger charge is 2.51. The molecule has 0 radical (unpaired) electrons. The molecule has 118 valence electrons. The van der Waals surface area contributed by atoms with Gasteiger partial charge in [0.2, 0.25) is 0 Å². The second kappa shape index (κ2) is 5.73. The molecule has 0 bridgehead atoms. The van der Waals surface area contributed by atoms with E-state index >= 15 is 0 Å². The molecule has 0 spiro atoms. The molecule has 1 heterocycles. The summed E-state index contributed by atoms with van der Waals surface area (Å²) in [7, 11) is -1.72. The summed E-state index contributed by atoms with van der Waals surface area (Å²) in [6.45, 7) is 17.0. The number of carbonyl (C=O) groups is 1. The number of hydrogen-bond donors (Lipinski definition) is 0. The normalized spacial score (nSPS) is 33.0. The summed E-state index contributed by atoms with van der Waals surface area (Å²) in [4.78, 5) is 11.7. The fourth-order valence-electron chi connectivity index (χ4n) is 3.68. The molecule has 0 amide bonds. The Hall–Kier alpha value is -0.873. The molecule has 4 heteroatoms. The van der Waals surface area contributed by atoms with E-state index in [9.17, 15) is 4.79 Å². The summed E-state index contributed by atoms with van der Waals surface area (Å²) in [5.74, 6) is -0.144. The van der Waals surface area contributed by atoms with Crippen molar-refractivity contribution in [2.45, 2.75) is 70.4 Å². The Morgan fingerprint density at radius 1 is 1.29 bits per heavy atom. The minimum Gasteiger partial charge on any atom is -0.458 e. The van der Waals surface area contributed by atoms with E-state index in [0.29, 0.717) is 5.57 Å². The fourth-order valence-corrected chi connectivity index (χ4v) is 6.79. The Morgan fingerprint density at radius 2 is 1.86 bits per heavy atom. The van der Waals surface area contributed by atoms with E-state index in [1.54, 1.807) is 0 Å². The zero-order valence-electron chi connectivity index (χ0n) is 13.8. The van der Waals surface area contributed by atoms with Crippen LogP contribution in [0.25, 0.3) is 0 Å². The van der Waals surface area contributed by atoms with Gasteiger partial charge in [-0.1, -0.05) is 33.9 Å². The van der Waals surface area contributed by atoms with Crippen LogP contribution in [0.5, 0.6) is 0 Å². The highest BCUT2D eigenvalue weighted by Crippen LogP contribution is 2.47. The fraction of sp³-hybridized carbons (Fsp3) is 0.706. The second-order valence-corrected chi connectivity index (χ2v) is 11.4. The first-order chi connectivity index (χ1) is 9.80. The van der Waals surface area contributed by atoms with Crippen molar-refractivity contribution in [3.8, 4) is 0 Å². The lowest BCUT2D eigenvalue weighted by Crippen LogP contribution is -2.51. The smallest absolute Gasteiger partial charge is 0.334 e. The molecule has 3 atom stereocenters. The molecule has 0 aromatic heterocycles. The molecule has 0 aromatic carbocycles. The van der Waals surface area contributed by atoms with Crippen molar-refractivity contribution >= 4 is 14.3 Å². The molecule has 3 nitrogen and oxygen atoms in total. The van der Waals surface area contributed by atoms with Crippen molar-refractivity contribution < 1.29 is 14.0 Å². The minimum absolute atomic E-state index is 0.0854. The van der Waals surface area contributed by atoms with Gasteiger partial charge in [0.05, 0.1) is 5.60 Å². The quantitative estimate of drug-likeness (QED) is 0.330. The molecule has 0 aromatic rings. The average molecular weight is 308 g/mol. The van der Waals surface area contributed by atoms with Crippen molar-refractivity contribution in [2.75, 3.05) is 0 Å². The van der Waals surface area contributed by atoms with Crippen molar-refractivity contribution in [3.05, 3.63) is 24.3 Å². The summed E-state index contributed by atoms with van der Waals surface area (Å²) in [6, 6.07) is 3.34. The molecular formula is C17H28O3Si. The number of ether oxygens (including phenoxy) is 1. The van der Waals surface area contributed by atoms with Crippen molar-refractivity contribution in [2.24, 2.45) is 5.92 Å². The topological polar surface area (TPSA) is 35.5 Å². The summed E-state index contributed by atoms with van der Waals surface area (Å²) in [6.07, 6.45) is 1.39. The lowest BCUT2D eigenvalue weighted by atomic mass is 9.73. The Bertz CT molecular complexity index is 458. The van der Waals surface area contributed by atoms with Crippen LogP contribution in [-0.4, -0.2) is 26.0 Å². The Labute approximate surface area is 129 Å². The van der Waals surface area contributed by atoms with E-state index in [2.05, 4.69) is 40.9 Å². The van der Waals surface area contributed by atoms with Crippen LogP contribution in [0.15, 0.2) is 24.3 Å². The maximum Gasteiger partial charge on any atom is 0.334 e. The van der Waals surface area contributed by atoms with E-state index < -0.39 is 8.32 Å². The van der Waals surface area contributed by atoms with Crippen molar-refractivity contribution in [3.63, 3.8) is 0 Å². The third-order valence-corrected chi connectivity index (χ3v) is 10.3. The van der Waals surface area contributed by atoms with Crippen LogP contribution in [0.4, 0.5) is 0 Å². The van der Waals surface area contributed by atoms with Gasteiger partial charge in [0.15, 0.2) is 8.32 Å². The zero-order chi connectivity index (χ0) is 15.8. The van der Waals surface area contributed by atoms with Crippen LogP contribution in [-0.2, 0) is 14.0 Å². The van der Waals surface area contributed by atoms with E-state index in [0.717, 1.165) is 36.5 Å². The number of fused-ring (bicyclic) bond motifs is 1. The highest BCUT2D eigenvalue weighted by molar-refractivity contribution is 6.73. The van der Waals surface area contributed by atoms with E-state index in [1.165, 1.54) is 0 Å².